The van der Waals surface area contributed by atoms with E-state index in [2.05, 4.69) is 17.1 Å². The van der Waals surface area contributed by atoms with Gasteiger partial charge in [0.25, 0.3) is 0 Å². The second-order valence-corrected chi connectivity index (χ2v) is 8.70. The van der Waals surface area contributed by atoms with Crippen LogP contribution in [0.15, 0.2) is 0 Å². The minimum absolute atomic E-state index is 0.158. The van der Waals surface area contributed by atoms with Gasteiger partial charge < -0.3 is 15.0 Å². The van der Waals surface area contributed by atoms with Gasteiger partial charge >= 0.3 is 6.09 Å². The van der Waals surface area contributed by atoms with E-state index >= 15 is 0 Å². The Bertz CT molecular complexity index is 430. The molecule has 23 heavy (non-hydrogen) atoms. The zero-order valence-electron chi connectivity index (χ0n) is 15.2. The number of nitrogens with one attached hydrogen (secondary N) is 1. The van der Waals surface area contributed by atoms with Crippen LogP contribution in [0.1, 0.15) is 53.4 Å². The summed E-state index contributed by atoms with van der Waals surface area (Å²) >= 11 is 0. The van der Waals surface area contributed by atoms with E-state index in [9.17, 15) is 4.79 Å². The van der Waals surface area contributed by atoms with Gasteiger partial charge in [0.15, 0.2) is 0 Å². The molecule has 0 spiro atoms. The number of amides is 1. The third-order valence-corrected chi connectivity index (χ3v) is 5.27. The molecule has 5 heteroatoms. The Morgan fingerprint density at radius 2 is 1.96 bits per heavy atom. The van der Waals surface area contributed by atoms with Crippen LogP contribution in [0.5, 0.6) is 0 Å². The maximum atomic E-state index is 12.1. The van der Waals surface area contributed by atoms with Gasteiger partial charge in [-0.1, -0.05) is 0 Å². The Morgan fingerprint density at radius 1 is 1.22 bits per heavy atom. The van der Waals surface area contributed by atoms with Gasteiger partial charge in [0.1, 0.15) is 5.60 Å². The van der Waals surface area contributed by atoms with E-state index in [-0.39, 0.29) is 6.09 Å². The van der Waals surface area contributed by atoms with Gasteiger partial charge in [-0.05, 0) is 59.3 Å². The van der Waals surface area contributed by atoms with E-state index in [1.54, 1.807) is 0 Å². The Hall–Kier alpha value is -0.810. The minimum atomic E-state index is -0.403. The van der Waals surface area contributed by atoms with Crippen LogP contribution in [0.2, 0.25) is 0 Å². The van der Waals surface area contributed by atoms with Gasteiger partial charge in [-0.2, -0.15) is 0 Å². The molecule has 2 saturated heterocycles. The third kappa shape index (κ3) is 4.60. The highest BCUT2D eigenvalue weighted by Gasteiger charge is 2.39. The summed E-state index contributed by atoms with van der Waals surface area (Å²) in [6, 6.07) is 2.22. The fraction of sp³-hybridized carbons (Fsp3) is 0.944. The molecule has 3 aliphatic rings. The fourth-order valence-electron chi connectivity index (χ4n) is 3.94. The first-order valence-electron chi connectivity index (χ1n) is 9.29. The molecule has 0 bridgehead atoms. The van der Waals surface area contributed by atoms with Gasteiger partial charge in [0.05, 0.1) is 0 Å². The molecule has 5 nitrogen and oxygen atoms in total. The first kappa shape index (κ1) is 17.0. The van der Waals surface area contributed by atoms with Crippen molar-refractivity contribution < 1.29 is 9.53 Å². The molecule has 0 aromatic rings. The molecule has 0 aromatic carbocycles. The molecule has 1 amide bonds. The lowest BCUT2D eigenvalue weighted by molar-refractivity contribution is 0.0288. The highest BCUT2D eigenvalue weighted by atomic mass is 16.6. The van der Waals surface area contributed by atoms with Crippen LogP contribution in [0.4, 0.5) is 4.79 Å². The molecule has 132 valence electrons. The Balaban J connectivity index is 1.38. The predicted molar refractivity (Wildman–Crippen MR) is 91.5 cm³/mol. The zero-order chi connectivity index (χ0) is 16.6. The number of rotatable bonds is 4. The normalized spacial score (nSPS) is 32.5. The van der Waals surface area contributed by atoms with Gasteiger partial charge in [-0.15, -0.1) is 0 Å². The van der Waals surface area contributed by atoms with Crippen molar-refractivity contribution in [2.24, 2.45) is 5.92 Å². The quantitative estimate of drug-likeness (QED) is 0.863. The van der Waals surface area contributed by atoms with Crippen molar-refractivity contribution in [3.05, 3.63) is 0 Å². The minimum Gasteiger partial charge on any atom is -0.444 e. The fourth-order valence-corrected chi connectivity index (χ4v) is 3.94. The highest BCUT2D eigenvalue weighted by Crippen LogP contribution is 2.33. The van der Waals surface area contributed by atoms with Crippen LogP contribution in [0.3, 0.4) is 0 Å². The summed E-state index contributed by atoms with van der Waals surface area (Å²) in [6.07, 6.45) is 4.98. The van der Waals surface area contributed by atoms with E-state index < -0.39 is 5.60 Å². The monoisotopic (exact) mass is 323 g/mol. The molecule has 0 aromatic heterocycles. The van der Waals surface area contributed by atoms with E-state index in [1.807, 2.05) is 25.7 Å². The Morgan fingerprint density at radius 3 is 2.61 bits per heavy atom. The Kier molecular flexibility index (Phi) is 4.88. The maximum Gasteiger partial charge on any atom is 0.410 e. The van der Waals surface area contributed by atoms with Crippen molar-refractivity contribution in [2.75, 3.05) is 26.2 Å². The number of hydrogen-bond donors (Lipinski definition) is 1. The second kappa shape index (κ2) is 6.60. The lowest BCUT2D eigenvalue weighted by atomic mass is 10.1. The molecule has 0 radical (unpaired) electrons. The summed E-state index contributed by atoms with van der Waals surface area (Å²) < 4.78 is 5.47. The van der Waals surface area contributed by atoms with Gasteiger partial charge in [-0.25, -0.2) is 4.79 Å². The number of ether oxygens (including phenoxy) is 1. The van der Waals surface area contributed by atoms with E-state index in [0.717, 1.165) is 38.1 Å². The third-order valence-electron chi connectivity index (χ3n) is 5.27. The predicted octanol–water partition coefficient (Wildman–Crippen LogP) is 2.46. The average Bonchev–Trinajstić information content (AvgIpc) is 3.04. The number of carbonyl (C=O) groups excluding carboxylic acids is 1. The summed E-state index contributed by atoms with van der Waals surface area (Å²) in [5, 5.41) is 3.75. The van der Waals surface area contributed by atoms with Crippen LogP contribution in [0.25, 0.3) is 0 Å². The van der Waals surface area contributed by atoms with Crippen LogP contribution in [-0.4, -0.2) is 65.8 Å². The van der Waals surface area contributed by atoms with E-state index in [1.165, 1.54) is 25.8 Å². The SMILES string of the molecule is CC1CC(NCC2CCN(C(=O)OC(C)(C)C)C2)CN1C1CC1. The van der Waals surface area contributed by atoms with Gasteiger partial charge in [0, 0.05) is 44.3 Å². The van der Waals surface area contributed by atoms with Crippen molar-refractivity contribution in [3.63, 3.8) is 0 Å². The van der Waals surface area contributed by atoms with Crippen LogP contribution < -0.4 is 5.32 Å². The number of nitrogens with zero attached hydrogens (tertiary/aromatic N) is 2. The topological polar surface area (TPSA) is 44.8 Å². The second-order valence-electron chi connectivity index (χ2n) is 8.70. The molecular weight excluding hydrogens is 290 g/mol. The van der Waals surface area contributed by atoms with Gasteiger partial charge in [0.2, 0.25) is 0 Å². The molecular formula is C18H33N3O2. The molecule has 1 N–H and O–H groups in total. The van der Waals surface area contributed by atoms with Crippen LogP contribution in [-0.2, 0) is 4.74 Å². The standard InChI is InChI=1S/C18H33N3O2/c1-13-9-15(12-21(13)16-5-6-16)19-10-14-7-8-20(11-14)17(22)23-18(2,3)4/h13-16,19H,5-12H2,1-4H3. The smallest absolute Gasteiger partial charge is 0.410 e. The number of carbonyl (C=O) groups is 1. The maximum absolute atomic E-state index is 12.1. The zero-order valence-corrected chi connectivity index (χ0v) is 15.2. The first-order chi connectivity index (χ1) is 10.8. The van der Waals surface area contributed by atoms with Gasteiger partial charge in [-0.3, -0.25) is 4.90 Å². The summed E-state index contributed by atoms with van der Waals surface area (Å²) in [5.41, 5.74) is -0.403. The largest absolute Gasteiger partial charge is 0.444 e. The first-order valence-corrected chi connectivity index (χ1v) is 9.29. The molecule has 2 aliphatic heterocycles. The molecule has 1 saturated carbocycles. The molecule has 2 heterocycles. The molecule has 3 atom stereocenters. The molecule has 3 unspecified atom stereocenters. The highest BCUT2D eigenvalue weighted by molar-refractivity contribution is 5.68. The Labute approximate surface area is 140 Å². The summed E-state index contributed by atoms with van der Waals surface area (Å²) in [7, 11) is 0. The number of hydrogen-bond acceptors (Lipinski definition) is 4. The lowest BCUT2D eigenvalue weighted by Crippen LogP contribution is -2.38. The van der Waals surface area contributed by atoms with Crippen molar-refractivity contribution in [2.45, 2.75) is 77.1 Å². The summed E-state index contributed by atoms with van der Waals surface area (Å²) in [4.78, 5) is 16.7. The van der Waals surface area contributed by atoms with Crippen LogP contribution in [0, 0.1) is 5.92 Å². The van der Waals surface area contributed by atoms with E-state index in [4.69, 9.17) is 4.74 Å². The number of likely N-dealkylation sites (tertiary alicyclic amines) is 2. The van der Waals surface area contributed by atoms with Crippen molar-refractivity contribution in [1.82, 2.24) is 15.1 Å². The molecule has 3 fully saturated rings. The summed E-state index contributed by atoms with van der Waals surface area (Å²) in [6.45, 7) is 12.0. The molecule has 1 aliphatic carbocycles. The summed E-state index contributed by atoms with van der Waals surface area (Å²) in [5.74, 6) is 0.563. The van der Waals surface area contributed by atoms with Crippen molar-refractivity contribution in [3.8, 4) is 0 Å². The van der Waals surface area contributed by atoms with Crippen molar-refractivity contribution in [1.29, 1.82) is 0 Å². The molecule has 3 rings (SSSR count). The van der Waals surface area contributed by atoms with Crippen molar-refractivity contribution >= 4 is 6.09 Å². The average molecular weight is 323 g/mol. The van der Waals surface area contributed by atoms with Crippen LogP contribution >= 0.6 is 0 Å². The lowest BCUT2D eigenvalue weighted by Gasteiger charge is -2.24. The van der Waals surface area contributed by atoms with E-state index in [0.29, 0.717) is 12.0 Å².